The molecule has 0 bridgehead atoms. The molecule has 0 amide bonds. The fourth-order valence-electron chi connectivity index (χ4n) is 1.70. The number of hydrazine groups is 1. The molecule has 0 fully saturated rings. The quantitative estimate of drug-likeness (QED) is 0.555. The van der Waals surface area contributed by atoms with Crippen molar-refractivity contribution in [2.24, 2.45) is 11.8 Å². The Kier molecular flexibility index (Phi) is 6.05. The average molecular weight is 248 g/mol. The Morgan fingerprint density at radius 3 is 2.72 bits per heavy atom. The van der Waals surface area contributed by atoms with Crippen molar-refractivity contribution >= 4 is 5.82 Å². The second kappa shape index (κ2) is 7.58. The summed E-state index contributed by atoms with van der Waals surface area (Å²) in [6, 6.07) is 2.17. The van der Waals surface area contributed by atoms with Crippen molar-refractivity contribution in [3.63, 3.8) is 0 Å². The van der Waals surface area contributed by atoms with E-state index in [0.29, 0.717) is 24.7 Å². The Labute approximate surface area is 108 Å². The van der Waals surface area contributed by atoms with Crippen LogP contribution in [0.3, 0.4) is 0 Å². The lowest BCUT2D eigenvalue weighted by Gasteiger charge is -2.22. The van der Waals surface area contributed by atoms with E-state index in [9.17, 15) is 0 Å². The SMILES string of the molecule is CC(C)CN(CCC#N)Cc1cnc(NN)cn1. The van der Waals surface area contributed by atoms with Gasteiger partial charge in [-0.05, 0) is 5.92 Å². The first-order valence-corrected chi connectivity index (χ1v) is 6.02. The summed E-state index contributed by atoms with van der Waals surface area (Å²) in [5, 5.41) is 8.66. The molecule has 0 aromatic carbocycles. The van der Waals surface area contributed by atoms with Crippen LogP contribution in [-0.4, -0.2) is 28.0 Å². The molecule has 98 valence electrons. The number of nitrogens with two attached hydrogens (primary N) is 1. The van der Waals surface area contributed by atoms with Crippen LogP contribution in [0.1, 0.15) is 26.0 Å². The van der Waals surface area contributed by atoms with Gasteiger partial charge in [0.1, 0.15) is 0 Å². The van der Waals surface area contributed by atoms with Crippen molar-refractivity contribution in [3.05, 3.63) is 18.1 Å². The van der Waals surface area contributed by atoms with Crippen LogP contribution >= 0.6 is 0 Å². The van der Waals surface area contributed by atoms with E-state index in [2.05, 4.69) is 40.2 Å². The van der Waals surface area contributed by atoms with Gasteiger partial charge in [-0.2, -0.15) is 5.26 Å². The lowest BCUT2D eigenvalue weighted by Crippen LogP contribution is -2.28. The van der Waals surface area contributed by atoms with Crippen molar-refractivity contribution < 1.29 is 0 Å². The van der Waals surface area contributed by atoms with Crippen LogP contribution in [0, 0.1) is 17.2 Å². The van der Waals surface area contributed by atoms with Gasteiger partial charge < -0.3 is 5.43 Å². The number of nitrogens with one attached hydrogen (secondary N) is 1. The molecule has 0 saturated carbocycles. The van der Waals surface area contributed by atoms with Gasteiger partial charge >= 0.3 is 0 Å². The smallest absolute Gasteiger partial charge is 0.158 e. The first-order chi connectivity index (χ1) is 8.65. The van der Waals surface area contributed by atoms with Gasteiger partial charge in [0.2, 0.25) is 0 Å². The van der Waals surface area contributed by atoms with Gasteiger partial charge in [0.05, 0.1) is 24.2 Å². The van der Waals surface area contributed by atoms with Crippen LogP contribution < -0.4 is 11.3 Å². The molecule has 0 radical (unpaired) electrons. The van der Waals surface area contributed by atoms with Gasteiger partial charge in [-0.25, -0.2) is 10.8 Å². The molecule has 0 aliphatic heterocycles. The van der Waals surface area contributed by atoms with Gasteiger partial charge in [-0.3, -0.25) is 9.88 Å². The summed E-state index contributed by atoms with van der Waals surface area (Å²) in [5.41, 5.74) is 3.33. The third-order valence-corrected chi connectivity index (χ3v) is 2.40. The monoisotopic (exact) mass is 248 g/mol. The molecule has 1 aromatic heterocycles. The Morgan fingerprint density at radius 2 is 2.22 bits per heavy atom. The van der Waals surface area contributed by atoms with E-state index in [4.69, 9.17) is 11.1 Å². The molecule has 1 aromatic rings. The molecule has 0 saturated heterocycles. The second-order valence-electron chi connectivity index (χ2n) is 4.57. The minimum absolute atomic E-state index is 0.530. The van der Waals surface area contributed by atoms with Crippen LogP contribution in [0.15, 0.2) is 12.4 Å². The molecule has 0 aliphatic carbocycles. The molecule has 3 N–H and O–H groups in total. The largest absolute Gasteiger partial charge is 0.307 e. The fourth-order valence-corrected chi connectivity index (χ4v) is 1.70. The van der Waals surface area contributed by atoms with Crippen LogP contribution in [0.25, 0.3) is 0 Å². The molecular weight excluding hydrogens is 228 g/mol. The summed E-state index contributed by atoms with van der Waals surface area (Å²) in [5.74, 6) is 6.34. The van der Waals surface area contributed by atoms with Gasteiger partial charge in [0.25, 0.3) is 0 Å². The van der Waals surface area contributed by atoms with Crippen molar-refractivity contribution in [1.29, 1.82) is 5.26 Å². The van der Waals surface area contributed by atoms with E-state index in [1.165, 1.54) is 0 Å². The third-order valence-electron chi connectivity index (χ3n) is 2.40. The van der Waals surface area contributed by atoms with Crippen LogP contribution in [-0.2, 0) is 6.54 Å². The fraction of sp³-hybridized carbons (Fsp3) is 0.583. The summed E-state index contributed by atoms with van der Waals surface area (Å²) in [4.78, 5) is 10.6. The van der Waals surface area contributed by atoms with Crippen LogP contribution in [0.4, 0.5) is 5.82 Å². The summed E-state index contributed by atoms with van der Waals surface area (Å²) in [7, 11) is 0. The molecule has 0 aliphatic rings. The number of nitriles is 1. The van der Waals surface area contributed by atoms with E-state index < -0.39 is 0 Å². The maximum Gasteiger partial charge on any atom is 0.158 e. The molecule has 18 heavy (non-hydrogen) atoms. The van der Waals surface area contributed by atoms with Crippen LogP contribution in [0.2, 0.25) is 0 Å². The summed E-state index contributed by atoms with van der Waals surface area (Å²) in [6.45, 7) is 6.73. The number of nitrogen functional groups attached to an aromatic ring is 1. The highest BCUT2D eigenvalue weighted by molar-refractivity contribution is 5.28. The van der Waals surface area contributed by atoms with Crippen molar-refractivity contribution in [3.8, 4) is 6.07 Å². The topological polar surface area (TPSA) is 90.9 Å². The van der Waals surface area contributed by atoms with E-state index in [-0.39, 0.29) is 0 Å². The number of aromatic nitrogens is 2. The molecule has 0 unspecified atom stereocenters. The molecule has 1 heterocycles. The van der Waals surface area contributed by atoms with Crippen molar-refractivity contribution in [2.75, 3.05) is 18.5 Å². The summed E-state index contributed by atoms with van der Waals surface area (Å²) >= 11 is 0. The molecular formula is C12H20N6. The maximum atomic E-state index is 8.66. The minimum atomic E-state index is 0.530. The standard InChI is InChI=1S/C12H20N6/c1-10(2)8-18(5-3-4-13)9-11-6-16-12(17-14)7-15-11/h6-7,10H,3,5,8-9,14H2,1-2H3,(H,16,17). The van der Waals surface area contributed by atoms with Gasteiger partial charge in [-0.15, -0.1) is 0 Å². The van der Waals surface area contributed by atoms with Crippen molar-refractivity contribution in [2.45, 2.75) is 26.8 Å². The van der Waals surface area contributed by atoms with E-state index >= 15 is 0 Å². The first-order valence-electron chi connectivity index (χ1n) is 6.02. The Hall–Kier alpha value is -1.71. The van der Waals surface area contributed by atoms with E-state index in [0.717, 1.165) is 18.8 Å². The summed E-state index contributed by atoms with van der Waals surface area (Å²) in [6.07, 6.45) is 3.84. The highest BCUT2D eigenvalue weighted by Crippen LogP contribution is 2.06. The predicted octanol–water partition coefficient (Wildman–Crippen LogP) is 1.13. The lowest BCUT2D eigenvalue weighted by atomic mass is 10.2. The van der Waals surface area contributed by atoms with E-state index in [1.807, 2.05) is 0 Å². The molecule has 1 rings (SSSR count). The third kappa shape index (κ3) is 5.08. The van der Waals surface area contributed by atoms with E-state index in [1.54, 1.807) is 12.4 Å². The molecule has 0 spiro atoms. The minimum Gasteiger partial charge on any atom is -0.307 e. The molecule has 6 heteroatoms. The number of rotatable bonds is 7. The van der Waals surface area contributed by atoms with Gasteiger partial charge in [0.15, 0.2) is 5.82 Å². The Balaban J connectivity index is 2.60. The zero-order chi connectivity index (χ0) is 13.4. The molecule has 0 atom stereocenters. The molecule has 6 nitrogen and oxygen atoms in total. The number of hydrogen-bond donors (Lipinski definition) is 2. The number of hydrogen-bond acceptors (Lipinski definition) is 6. The lowest BCUT2D eigenvalue weighted by molar-refractivity contribution is 0.238. The van der Waals surface area contributed by atoms with Gasteiger partial charge in [-0.1, -0.05) is 13.8 Å². The number of nitrogens with zero attached hydrogens (tertiary/aromatic N) is 4. The highest BCUT2D eigenvalue weighted by atomic mass is 15.3. The Morgan fingerprint density at radius 1 is 1.44 bits per heavy atom. The normalized spacial score (nSPS) is 10.7. The predicted molar refractivity (Wildman–Crippen MR) is 70.2 cm³/mol. The highest BCUT2D eigenvalue weighted by Gasteiger charge is 2.09. The summed E-state index contributed by atoms with van der Waals surface area (Å²) < 4.78 is 0. The van der Waals surface area contributed by atoms with Crippen molar-refractivity contribution in [1.82, 2.24) is 14.9 Å². The second-order valence-corrected chi connectivity index (χ2v) is 4.57. The van der Waals surface area contributed by atoms with Gasteiger partial charge in [0, 0.05) is 26.1 Å². The average Bonchev–Trinajstić information content (AvgIpc) is 2.36. The van der Waals surface area contributed by atoms with Crippen LogP contribution in [0.5, 0.6) is 0 Å². The zero-order valence-corrected chi connectivity index (χ0v) is 10.9. The number of anilines is 1. The zero-order valence-electron chi connectivity index (χ0n) is 10.9. The maximum absolute atomic E-state index is 8.66. The first kappa shape index (κ1) is 14.4. The Bertz CT molecular complexity index is 381.